The number of aryl methyl sites for hydroxylation is 4. The van der Waals surface area contributed by atoms with Gasteiger partial charge in [0.25, 0.3) is 5.91 Å². The number of carbonyl (C=O) groups is 2. The SMILES string of the molecule is Cc1ccc(C(=O)O[C@H](C)C(=O)Nc2c(C)nn(C)c2C)cc1C. The summed E-state index contributed by atoms with van der Waals surface area (Å²) in [5.41, 5.74) is 4.75. The summed E-state index contributed by atoms with van der Waals surface area (Å²) in [6.45, 7) is 9.13. The van der Waals surface area contributed by atoms with Crippen molar-refractivity contribution in [2.24, 2.45) is 7.05 Å². The molecule has 6 heteroatoms. The van der Waals surface area contributed by atoms with Gasteiger partial charge in [0.2, 0.25) is 0 Å². The van der Waals surface area contributed by atoms with Crippen LogP contribution in [0.15, 0.2) is 18.2 Å². The third kappa shape index (κ3) is 3.64. The molecule has 0 aliphatic rings. The maximum atomic E-state index is 12.3. The van der Waals surface area contributed by atoms with Gasteiger partial charge in [-0.2, -0.15) is 5.10 Å². The molecule has 1 aromatic carbocycles. The average Bonchev–Trinajstić information content (AvgIpc) is 2.76. The van der Waals surface area contributed by atoms with Gasteiger partial charge in [-0.1, -0.05) is 6.07 Å². The summed E-state index contributed by atoms with van der Waals surface area (Å²) in [5, 5.41) is 7.02. The molecule has 0 fully saturated rings. The monoisotopic (exact) mass is 329 g/mol. The maximum absolute atomic E-state index is 12.3. The largest absolute Gasteiger partial charge is 0.449 e. The second-order valence-electron chi connectivity index (χ2n) is 6.01. The molecule has 0 aliphatic heterocycles. The van der Waals surface area contributed by atoms with Gasteiger partial charge in [-0.05, 0) is 57.9 Å². The van der Waals surface area contributed by atoms with Gasteiger partial charge in [0, 0.05) is 7.05 Å². The Hall–Kier alpha value is -2.63. The van der Waals surface area contributed by atoms with Crippen molar-refractivity contribution in [1.82, 2.24) is 9.78 Å². The Labute approximate surface area is 141 Å². The number of hydrogen-bond donors (Lipinski definition) is 1. The standard InChI is InChI=1S/C18H23N3O3/c1-10-7-8-15(9-11(10)2)18(23)24-14(5)17(22)19-16-12(3)20-21(6)13(16)4/h7-9,14H,1-6H3,(H,19,22)/t14-/m1/s1. The second kappa shape index (κ2) is 6.86. The van der Waals surface area contributed by atoms with E-state index in [0.717, 1.165) is 22.5 Å². The average molecular weight is 329 g/mol. The number of nitrogens with one attached hydrogen (secondary N) is 1. The molecule has 2 aromatic rings. The highest BCUT2D eigenvalue weighted by molar-refractivity contribution is 5.98. The van der Waals surface area contributed by atoms with E-state index in [2.05, 4.69) is 10.4 Å². The lowest BCUT2D eigenvalue weighted by atomic mass is 10.1. The normalized spacial score (nSPS) is 11.9. The lowest BCUT2D eigenvalue weighted by molar-refractivity contribution is -0.123. The van der Waals surface area contributed by atoms with Crippen LogP contribution in [0.2, 0.25) is 0 Å². The Morgan fingerprint density at radius 2 is 1.83 bits per heavy atom. The van der Waals surface area contributed by atoms with Crippen molar-refractivity contribution in [3.05, 3.63) is 46.3 Å². The minimum absolute atomic E-state index is 0.383. The van der Waals surface area contributed by atoms with Gasteiger partial charge in [-0.15, -0.1) is 0 Å². The third-order valence-electron chi connectivity index (χ3n) is 4.15. The van der Waals surface area contributed by atoms with Crippen LogP contribution in [0.3, 0.4) is 0 Å². The first-order valence-corrected chi connectivity index (χ1v) is 7.80. The van der Waals surface area contributed by atoms with Crippen molar-refractivity contribution in [2.45, 2.75) is 40.7 Å². The van der Waals surface area contributed by atoms with Crippen molar-refractivity contribution in [3.63, 3.8) is 0 Å². The first-order valence-electron chi connectivity index (χ1n) is 7.80. The summed E-state index contributed by atoms with van der Waals surface area (Å²) >= 11 is 0. The summed E-state index contributed by atoms with van der Waals surface area (Å²) in [6, 6.07) is 5.32. The van der Waals surface area contributed by atoms with Crippen molar-refractivity contribution in [1.29, 1.82) is 0 Å². The number of esters is 1. The van der Waals surface area contributed by atoms with Crippen LogP contribution in [0.4, 0.5) is 5.69 Å². The lowest BCUT2D eigenvalue weighted by Gasteiger charge is -2.14. The fourth-order valence-electron chi connectivity index (χ4n) is 2.33. The van der Waals surface area contributed by atoms with E-state index in [4.69, 9.17) is 4.74 Å². The van der Waals surface area contributed by atoms with Crippen LogP contribution < -0.4 is 5.32 Å². The molecule has 1 atom stereocenters. The topological polar surface area (TPSA) is 73.2 Å². The summed E-state index contributed by atoms with van der Waals surface area (Å²) in [6.07, 6.45) is -0.905. The maximum Gasteiger partial charge on any atom is 0.338 e. The molecule has 0 bridgehead atoms. The summed E-state index contributed by atoms with van der Waals surface area (Å²) in [7, 11) is 1.81. The fraction of sp³-hybridized carbons (Fsp3) is 0.389. The van der Waals surface area contributed by atoms with E-state index in [9.17, 15) is 9.59 Å². The highest BCUT2D eigenvalue weighted by Gasteiger charge is 2.21. The van der Waals surface area contributed by atoms with Gasteiger partial charge in [0.15, 0.2) is 6.10 Å². The van der Waals surface area contributed by atoms with E-state index in [1.807, 2.05) is 33.8 Å². The van der Waals surface area contributed by atoms with Crippen LogP contribution in [0, 0.1) is 27.7 Å². The van der Waals surface area contributed by atoms with E-state index in [0.29, 0.717) is 11.3 Å². The Morgan fingerprint density at radius 3 is 2.38 bits per heavy atom. The first kappa shape index (κ1) is 17.7. The van der Waals surface area contributed by atoms with Crippen molar-refractivity contribution >= 4 is 17.6 Å². The highest BCUT2D eigenvalue weighted by Crippen LogP contribution is 2.19. The third-order valence-corrected chi connectivity index (χ3v) is 4.15. The quantitative estimate of drug-likeness (QED) is 0.876. The van der Waals surface area contributed by atoms with Crippen LogP contribution in [-0.2, 0) is 16.6 Å². The number of anilines is 1. The zero-order valence-corrected chi connectivity index (χ0v) is 14.9. The summed E-state index contributed by atoms with van der Waals surface area (Å²) in [4.78, 5) is 24.5. The summed E-state index contributed by atoms with van der Waals surface area (Å²) in [5.74, 6) is -0.897. The minimum atomic E-state index is -0.905. The van der Waals surface area contributed by atoms with Crippen LogP contribution in [0.25, 0.3) is 0 Å². The van der Waals surface area contributed by atoms with Crippen LogP contribution in [0.5, 0.6) is 0 Å². The molecule has 6 nitrogen and oxygen atoms in total. The zero-order chi connectivity index (χ0) is 18.0. The molecule has 2 rings (SSSR count). The van der Waals surface area contributed by atoms with Crippen LogP contribution in [-0.4, -0.2) is 27.8 Å². The Kier molecular flexibility index (Phi) is 5.07. The molecule has 24 heavy (non-hydrogen) atoms. The van der Waals surface area contributed by atoms with E-state index in [-0.39, 0.29) is 5.91 Å². The minimum Gasteiger partial charge on any atom is -0.449 e. The van der Waals surface area contributed by atoms with Gasteiger partial charge in [-0.25, -0.2) is 4.79 Å². The highest BCUT2D eigenvalue weighted by atomic mass is 16.5. The molecular weight excluding hydrogens is 306 g/mol. The van der Waals surface area contributed by atoms with E-state index in [1.165, 1.54) is 0 Å². The van der Waals surface area contributed by atoms with Gasteiger partial charge in [0.05, 0.1) is 22.6 Å². The van der Waals surface area contributed by atoms with Crippen molar-refractivity contribution in [3.8, 4) is 0 Å². The first-order chi connectivity index (χ1) is 11.2. The fourth-order valence-corrected chi connectivity index (χ4v) is 2.33. The van der Waals surface area contributed by atoms with Crippen molar-refractivity contribution < 1.29 is 14.3 Å². The molecule has 0 saturated heterocycles. The molecule has 0 aliphatic carbocycles. The van der Waals surface area contributed by atoms with Crippen LogP contribution >= 0.6 is 0 Å². The molecule has 128 valence electrons. The van der Waals surface area contributed by atoms with Gasteiger partial charge in [0.1, 0.15) is 0 Å². The van der Waals surface area contributed by atoms with E-state index in [1.54, 1.807) is 30.8 Å². The number of nitrogens with zero attached hydrogens (tertiary/aromatic N) is 2. The summed E-state index contributed by atoms with van der Waals surface area (Å²) < 4.78 is 6.96. The Bertz CT molecular complexity index is 793. The molecule has 1 heterocycles. The number of aromatic nitrogens is 2. The van der Waals surface area contributed by atoms with Gasteiger partial charge in [-0.3, -0.25) is 9.48 Å². The van der Waals surface area contributed by atoms with Gasteiger partial charge < -0.3 is 10.1 Å². The Morgan fingerprint density at radius 1 is 1.17 bits per heavy atom. The number of amides is 1. The van der Waals surface area contributed by atoms with Crippen LogP contribution in [0.1, 0.15) is 39.8 Å². The predicted molar refractivity (Wildman–Crippen MR) is 92.1 cm³/mol. The molecule has 1 amide bonds. The van der Waals surface area contributed by atoms with Crippen molar-refractivity contribution in [2.75, 3.05) is 5.32 Å². The molecular formula is C18H23N3O3. The molecule has 0 unspecified atom stereocenters. The number of hydrogen-bond acceptors (Lipinski definition) is 4. The lowest BCUT2D eigenvalue weighted by Crippen LogP contribution is -2.30. The zero-order valence-electron chi connectivity index (χ0n) is 14.9. The predicted octanol–water partition coefficient (Wildman–Crippen LogP) is 2.84. The van der Waals surface area contributed by atoms with E-state index >= 15 is 0 Å². The molecule has 1 N–H and O–H groups in total. The molecule has 0 radical (unpaired) electrons. The molecule has 0 saturated carbocycles. The molecule has 1 aromatic heterocycles. The smallest absolute Gasteiger partial charge is 0.338 e. The number of carbonyl (C=O) groups excluding carboxylic acids is 2. The second-order valence-corrected chi connectivity index (χ2v) is 6.01. The van der Waals surface area contributed by atoms with Gasteiger partial charge >= 0.3 is 5.97 Å². The number of rotatable bonds is 4. The molecule has 0 spiro atoms. The number of benzene rings is 1. The Balaban J connectivity index is 2.05. The number of ether oxygens (including phenoxy) is 1. The van der Waals surface area contributed by atoms with E-state index < -0.39 is 12.1 Å².